The molecule has 2 aromatic carbocycles. The van der Waals surface area contributed by atoms with Gasteiger partial charge in [-0.2, -0.15) is 0 Å². The number of anilines is 1. The van der Waals surface area contributed by atoms with Crippen molar-refractivity contribution in [3.63, 3.8) is 0 Å². The van der Waals surface area contributed by atoms with Crippen LogP contribution in [0.4, 0.5) is 5.69 Å². The van der Waals surface area contributed by atoms with Gasteiger partial charge in [-0.3, -0.25) is 0 Å². The van der Waals surface area contributed by atoms with Crippen LogP contribution in [0, 0.1) is 6.92 Å². The molecule has 4 nitrogen and oxygen atoms in total. The highest BCUT2D eigenvalue weighted by atomic mass is 16.5. The molecular weight excluding hydrogens is 312 g/mol. The fraction of sp³-hybridized carbons (Fsp3) is 0.429. The van der Waals surface area contributed by atoms with E-state index in [0.29, 0.717) is 19.2 Å². The number of nitrogens with zero attached hydrogens (tertiary/aromatic N) is 1. The SMILES string of the molecule is Cc1cccc(NC2CCN(CC(O)COc3ccccc3)CC2)c1. The van der Waals surface area contributed by atoms with Gasteiger partial charge in [-0.25, -0.2) is 0 Å². The molecule has 1 unspecified atom stereocenters. The fourth-order valence-corrected chi connectivity index (χ4v) is 3.29. The molecule has 1 saturated heterocycles. The predicted octanol–water partition coefficient (Wildman–Crippen LogP) is 3.31. The first kappa shape index (κ1) is 17.8. The maximum atomic E-state index is 10.2. The summed E-state index contributed by atoms with van der Waals surface area (Å²) in [5.41, 5.74) is 2.48. The molecule has 0 aliphatic carbocycles. The quantitative estimate of drug-likeness (QED) is 0.812. The van der Waals surface area contributed by atoms with Crippen LogP contribution in [0.5, 0.6) is 5.75 Å². The molecular formula is C21H28N2O2. The van der Waals surface area contributed by atoms with Gasteiger partial charge >= 0.3 is 0 Å². The minimum atomic E-state index is -0.457. The van der Waals surface area contributed by atoms with Crippen molar-refractivity contribution in [2.24, 2.45) is 0 Å². The summed E-state index contributed by atoms with van der Waals surface area (Å²) in [6.45, 7) is 5.14. The molecule has 2 N–H and O–H groups in total. The van der Waals surface area contributed by atoms with Crippen LogP contribution in [0.15, 0.2) is 54.6 Å². The number of ether oxygens (including phenoxy) is 1. The molecule has 0 aromatic heterocycles. The first-order valence-electron chi connectivity index (χ1n) is 9.10. The van der Waals surface area contributed by atoms with E-state index in [9.17, 15) is 5.11 Å². The van der Waals surface area contributed by atoms with Gasteiger partial charge in [-0.1, -0.05) is 30.3 Å². The number of likely N-dealkylation sites (tertiary alicyclic amines) is 1. The normalized spacial score (nSPS) is 17.2. The fourth-order valence-electron chi connectivity index (χ4n) is 3.29. The average molecular weight is 340 g/mol. The molecule has 1 atom stereocenters. The van der Waals surface area contributed by atoms with Crippen molar-refractivity contribution in [2.75, 3.05) is 31.6 Å². The smallest absolute Gasteiger partial charge is 0.119 e. The second-order valence-electron chi connectivity index (χ2n) is 6.87. The summed E-state index contributed by atoms with van der Waals surface area (Å²) in [6.07, 6.45) is 1.74. The van der Waals surface area contributed by atoms with Crippen molar-refractivity contribution in [3.05, 3.63) is 60.2 Å². The summed E-state index contributed by atoms with van der Waals surface area (Å²) in [5, 5.41) is 13.8. The van der Waals surface area contributed by atoms with Crippen molar-refractivity contribution in [3.8, 4) is 5.75 Å². The summed E-state index contributed by atoms with van der Waals surface area (Å²) in [4.78, 5) is 2.33. The summed E-state index contributed by atoms with van der Waals surface area (Å²) in [6, 6.07) is 18.7. The van der Waals surface area contributed by atoms with Crippen molar-refractivity contribution >= 4 is 5.69 Å². The molecule has 4 heteroatoms. The van der Waals surface area contributed by atoms with Crippen LogP contribution in [-0.2, 0) is 0 Å². The van der Waals surface area contributed by atoms with Crippen LogP contribution >= 0.6 is 0 Å². The maximum Gasteiger partial charge on any atom is 0.119 e. The van der Waals surface area contributed by atoms with Crippen molar-refractivity contribution < 1.29 is 9.84 Å². The largest absolute Gasteiger partial charge is 0.491 e. The summed E-state index contributed by atoms with van der Waals surface area (Å²) < 4.78 is 5.63. The predicted molar refractivity (Wildman–Crippen MR) is 102 cm³/mol. The van der Waals surface area contributed by atoms with Gasteiger partial charge in [0.25, 0.3) is 0 Å². The van der Waals surface area contributed by atoms with E-state index < -0.39 is 6.10 Å². The standard InChI is InChI=1S/C21H28N2O2/c1-17-6-5-7-19(14-17)22-18-10-12-23(13-11-18)15-20(24)16-25-21-8-3-2-4-9-21/h2-9,14,18,20,22,24H,10-13,15-16H2,1H3. The van der Waals surface area contributed by atoms with E-state index in [4.69, 9.17) is 4.74 Å². The molecule has 134 valence electrons. The number of hydrogen-bond donors (Lipinski definition) is 2. The van der Waals surface area contributed by atoms with Gasteiger partial charge in [0.2, 0.25) is 0 Å². The number of para-hydroxylation sites is 1. The zero-order chi connectivity index (χ0) is 17.5. The number of piperidine rings is 1. The lowest BCUT2D eigenvalue weighted by molar-refractivity contribution is 0.0605. The number of aliphatic hydroxyl groups is 1. The molecule has 1 heterocycles. The summed E-state index contributed by atoms with van der Waals surface area (Å²) in [7, 11) is 0. The Kier molecular flexibility index (Phi) is 6.31. The lowest BCUT2D eigenvalue weighted by Crippen LogP contribution is -2.43. The topological polar surface area (TPSA) is 44.7 Å². The van der Waals surface area contributed by atoms with E-state index in [1.165, 1.54) is 11.3 Å². The van der Waals surface area contributed by atoms with E-state index in [2.05, 4.69) is 41.4 Å². The Hall–Kier alpha value is -2.04. The van der Waals surface area contributed by atoms with Crippen LogP contribution in [0.1, 0.15) is 18.4 Å². The van der Waals surface area contributed by atoms with Gasteiger partial charge in [0.05, 0.1) is 0 Å². The molecule has 1 aliphatic rings. The molecule has 1 fully saturated rings. The average Bonchev–Trinajstić information content (AvgIpc) is 2.63. The highest BCUT2D eigenvalue weighted by Crippen LogP contribution is 2.18. The Balaban J connectivity index is 1.37. The highest BCUT2D eigenvalue weighted by Gasteiger charge is 2.21. The maximum absolute atomic E-state index is 10.2. The summed E-state index contributed by atoms with van der Waals surface area (Å²) >= 11 is 0. The molecule has 0 spiro atoms. The van der Waals surface area contributed by atoms with Gasteiger partial charge in [-0.15, -0.1) is 0 Å². The highest BCUT2D eigenvalue weighted by molar-refractivity contribution is 5.46. The van der Waals surface area contributed by atoms with Crippen molar-refractivity contribution in [1.29, 1.82) is 0 Å². The number of rotatable bonds is 7. The zero-order valence-corrected chi connectivity index (χ0v) is 14.9. The third-order valence-corrected chi connectivity index (χ3v) is 4.63. The van der Waals surface area contributed by atoms with E-state index in [-0.39, 0.29) is 0 Å². The summed E-state index contributed by atoms with van der Waals surface area (Å²) in [5.74, 6) is 0.808. The third kappa shape index (κ3) is 5.76. The molecule has 25 heavy (non-hydrogen) atoms. The van der Waals surface area contributed by atoms with Crippen molar-refractivity contribution in [1.82, 2.24) is 4.90 Å². The molecule has 1 aliphatic heterocycles. The minimum Gasteiger partial charge on any atom is -0.491 e. The molecule has 0 amide bonds. The number of nitrogens with one attached hydrogen (secondary N) is 1. The number of aryl methyl sites for hydroxylation is 1. The van der Waals surface area contributed by atoms with Gasteiger partial charge in [0.15, 0.2) is 0 Å². The molecule has 0 saturated carbocycles. The van der Waals surface area contributed by atoms with Gasteiger partial charge in [-0.05, 0) is 49.6 Å². The molecule has 2 aromatic rings. The Morgan fingerprint density at radius 3 is 2.60 bits per heavy atom. The van der Waals surface area contributed by atoms with Crippen LogP contribution in [0.25, 0.3) is 0 Å². The van der Waals surface area contributed by atoms with Crippen molar-refractivity contribution in [2.45, 2.75) is 31.9 Å². The van der Waals surface area contributed by atoms with E-state index >= 15 is 0 Å². The second kappa shape index (κ2) is 8.88. The van der Waals surface area contributed by atoms with E-state index in [1.54, 1.807) is 0 Å². The number of aliphatic hydroxyl groups excluding tert-OH is 1. The van der Waals surface area contributed by atoms with Gasteiger partial charge in [0.1, 0.15) is 18.5 Å². The van der Waals surface area contributed by atoms with Crippen LogP contribution in [0.2, 0.25) is 0 Å². The van der Waals surface area contributed by atoms with Gasteiger partial charge in [0, 0.05) is 31.4 Å². The Morgan fingerprint density at radius 1 is 1.12 bits per heavy atom. The third-order valence-electron chi connectivity index (χ3n) is 4.63. The van der Waals surface area contributed by atoms with E-state index in [1.807, 2.05) is 30.3 Å². The first-order valence-corrected chi connectivity index (χ1v) is 9.10. The second-order valence-corrected chi connectivity index (χ2v) is 6.87. The van der Waals surface area contributed by atoms with Crippen LogP contribution < -0.4 is 10.1 Å². The Morgan fingerprint density at radius 2 is 1.88 bits per heavy atom. The number of benzene rings is 2. The Bertz CT molecular complexity index is 639. The first-order chi connectivity index (χ1) is 12.2. The number of β-amino-alcohol motifs (C(OH)–C–C–N with tert-alkyl or cyclic N) is 1. The molecule has 0 radical (unpaired) electrons. The lowest BCUT2D eigenvalue weighted by Gasteiger charge is -2.34. The minimum absolute atomic E-state index is 0.339. The van der Waals surface area contributed by atoms with Gasteiger partial charge < -0.3 is 20.1 Å². The van der Waals surface area contributed by atoms with Crippen LogP contribution in [0.3, 0.4) is 0 Å². The lowest BCUT2D eigenvalue weighted by atomic mass is 10.0. The zero-order valence-electron chi connectivity index (χ0n) is 14.9. The molecule has 3 rings (SSSR count). The number of hydrogen-bond acceptors (Lipinski definition) is 4. The van der Waals surface area contributed by atoms with Crippen LogP contribution in [-0.4, -0.2) is 48.4 Å². The monoisotopic (exact) mass is 340 g/mol. The molecule has 0 bridgehead atoms. The van der Waals surface area contributed by atoms with E-state index in [0.717, 1.165) is 31.7 Å². The Labute approximate surface area is 150 Å².